The maximum Gasteiger partial charge on any atom is 0.239 e. The summed E-state index contributed by atoms with van der Waals surface area (Å²) in [7, 11) is 0. The molecule has 0 aromatic heterocycles. The third-order valence-electron chi connectivity index (χ3n) is 4.47. The van der Waals surface area contributed by atoms with E-state index >= 15 is 0 Å². The van der Waals surface area contributed by atoms with Gasteiger partial charge in [0.1, 0.15) is 5.41 Å². The number of carbonyl (C=O) groups is 2. The minimum atomic E-state index is -1.26. The monoisotopic (exact) mass is 388 g/mol. The van der Waals surface area contributed by atoms with E-state index in [1.54, 1.807) is 32.0 Å². The highest BCUT2D eigenvalue weighted by Gasteiger charge is 2.36. The molecule has 0 unspecified atom stereocenters. The van der Waals surface area contributed by atoms with Crippen LogP contribution in [-0.2, 0) is 16.1 Å². The number of aryl methyl sites for hydroxylation is 1. The number of anilines is 1. The topological polar surface area (TPSA) is 76.7 Å². The van der Waals surface area contributed by atoms with Crippen LogP contribution in [0.15, 0.2) is 36.4 Å². The van der Waals surface area contributed by atoms with Crippen LogP contribution in [-0.4, -0.2) is 18.6 Å². The van der Waals surface area contributed by atoms with Crippen molar-refractivity contribution in [2.45, 2.75) is 27.3 Å². The number of hydrogen-bond acceptors (Lipinski definition) is 4. The molecule has 0 saturated carbocycles. The van der Waals surface area contributed by atoms with Gasteiger partial charge in [-0.05, 0) is 56.2 Å². The Balaban J connectivity index is 1.63. The van der Waals surface area contributed by atoms with Crippen molar-refractivity contribution in [2.24, 2.45) is 5.41 Å². The first-order valence-corrected chi connectivity index (χ1v) is 8.89. The first kappa shape index (κ1) is 19.0. The summed E-state index contributed by atoms with van der Waals surface area (Å²) in [5.74, 6) is 0.547. The molecule has 0 radical (unpaired) electrons. The lowest BCUT2D eigenvalue weighted by atomic mass is 9.90. The summed E-state index contributed by atoms with van der Waals surface area (Å²) in [4.78, 5) is 25.3. The average Bonchev–Trinajstić information content (AvgIpc) is 3.10. The van der Waals surface area contributed by atoms with Crippen molar-refractivity contribution in [1.82, 2.24) is 5.32 Å². The zero-order valence-electron chi connectivity index (χ0n) is 15.4. The van der Waals surface area contributed by atoms with Gasteiger partial charge in [-0.1, -0.05) is 23.7 Å². The van der Waals surface area contributed by atoms with Crippen molar-refractivity contribution in [3.63, 3.8) is 0 Å². The second-order valence-electron chi connectivity index (χ2n) is 6.91. The Kier molecular flexibility index (Phi) is 5.28. The van der Waals surface area contributed by atoms with Gasteiger partial charge in [-0.25, -0.2) is 0 Å². The van der Waals surface area contributed by atoms with Crippen LogP contribution in [0, 0.1) is 12.3 Å². The van der Waals surface area contributed by atoms with Gasteiger partial charge in [0.15, 0.2) is 11.5 Å². The first-order valence-electron chi connectivity index (χ1n) is 8.52. The minimum absolute atomic E-state index is 0.196. The number of ether oxygens (including phenoxy) is 2. The molecule has 0 spiro atoms. The Hall–Kier alpha value is -2.73. The highest BCUT2D eigenvalue weighted by atomic mass is 35.5. The van der Waals surface area contributed by atoms with Gasteiger partial charge in [0.2, 0.25) is 18.6 Å². The summed E-state index contributed by atoms with van der Waals surface area (Å²) in [6, 6.07) is 10.7. The number of carbonyl (C=O) groups excluding carboxylic acids is 2. The van der Waals surface area contributed by atoms with Gasteiger partial charge in [-0.3, -0.25) is 9.59 Å². The van der Waals surface area contributed by atoms with Crippen molar-refractivity contribution in [3.05, 3.63) is 52.5 Å². The van der Waals surface area contributed by atoms with Crippen LogP contribution in [0.2, 0.25) is 5.02 Å². The third kappa shape index (κ3) is 4.17. The zero-order chi connectivity index (χ0) is 19.6. The third-order valence-corrected chi connectivity index (χ3v) is 4.71. The predicted molar refractivity (Wildman–Crippen MR) is 103 cm³/mol. The molecule has 0 fully saturated rings. The summed E-state index contributed by atoms with van der Waals surface area (Å²) >= 11 is 5.99. The van der Waals surface area contributed by atoms with Gasteiger partial charge in [-0.15, -0.1) is 0 Å². The molecule has 2 amide bonds. The quantitative estimate of drug-likeness (QED) is 0.766. The zero-order valence-corrected chi connectivity index (χ0v) is 16.1. The number of nitrogens with one attached hydrogen (secondary N) is 2. The fourth-order valence-corrected chi connectivity index (χ4v) is 2.74. The van der Waals surface area contributed by atoms with Crippen LogP contribution >= 0.6 is 11.6 Å². The van der Waals surface area contributed by atoms with Crippen LogP contribution < -0.4 is 20.1 Å². The van der Waals surface area contributed by atoms with Crippen molar-refractivity contribution in [3.8, 4) is 11.5 Å². The fraction of sp³-hybridized carbons (Fsp3) is 0.300. The first-order chi connectivity index (χ1) is 12.8. The van der Waals surface area contributed by atoms with Crippen LogP contribution in [0.1, 0.15) is 25.0 Å². The van der Waals surface area contributed by atoms with E-state index in [9.17, 15) is 9.59 Å². The molecule has 0 saturated heterocycles. The van der Waals surface area contributed by atoms with Crippen molar-refractivity contribution in [1.29, 1.82) is 0 Å². The van der Waals surface area contributed by atoms with Gasteiger partial charge < -0.3 is 20.1 Å². The number of halogens is 1. The number of benzene rings is 2. The molecule has 2 aromatic carbocycles. The Morgan fingerprint density at radius 2 is 1.81 bits per heavy atom. The lowest BCUT2D eigenvalue weighted by molar-refractivity contribution is -0.138. The second kappa shape index (κ2) is 7.48. The number of amides is 2. The molecule has 3 rings (SSSR count). The van der Waals surface area contributed by atoms with Crippen molar-refractivity contribution in [2.75, 3.05) is 12.1 Å². The van der Waals surface area contributed by atoms with Crippen LogP contribution in [0.3, 0.4) is 0 Å². The number of hydrogen-bond donors (Lipinski definition) is 2. The fourth-order valence-electron chi connectivity index (χ4n) is 2.56. The van der Waals surface area contributed by atoms with Crippen LogP contribution in [0.25, 0.3) is 0 Å². The van der Waals surface area contributed by atoms with E-state index in [0.717, 1.165) is 11.1 Å². The van der Waals surface area contributed by atoms with Crippen molar-refractivity contribution < 1.29 is 19.1 Å². The molecule has 0 aliphatic carbocycles. The summed E-state index contributed by atoms with van der Waals surface area (Å²) in [5, 5.41) is 6.10. The van der Waals surface area contributed by atoms with Gasteiger partial charge in [0.05, 0.1) is 0 Å². The van der Waals surface area contributed by atoms with Gasteiger partial charge in [0, 0.05) is 17.3 Å². The molecule has 7 heteroatoms. The Morgan fingerprint density at radius 1 is 1.07 bits per heavy atom. The van der Waals surface area contributed by atoms with E-state index in [4.69, 9.17) is 21.1 Å². The highest BCUT2D eigenvalue weighted by molar-refractivity contribution is 6.31. The SMILES string of the molecule is Cc1ccc(Cl)cc1NC(=O)C(C)(C)C(=O)NCc1ccc2c(c1)OCO2. The van der Waals surface area contributed by atoms with E-state index < -0.39 is 11.3 Å². The number of fused-ring (bicyclic) bond motifs is 1. The molecule has 142 valence electrons. The average molecular weight is 389 g/mol. The molecule has 1 heterocycles. The largest absolute Gasteiger partial charge is 0.454 e. The van der Waals surface area contributed by atoms with E-state index in [0.29, 0.717) is 22.2 Å². The van der Waals surface area contributed by atoms with Crippen LogP contribution in [0.4, 0.5) is 5.69 Å². The molecule has 0 atom stereocenters. The predicted octanol–water partition coefficient (Wildman–Crippen LogP) is 3.66. The standard InChI is InChI=1S/C20H21ClN2O4/c1-12-4-6-14(21)9-15(12)23-19(25)20(2,3)18(24)22-10-13-5-7-16-17(8-13)27-11-26-16/h4-9H,10-11H2,1-3H3,(H,22,24)(H,23,25). The highest BCUT2D eigenvalue weighted by Crippen LogP contribution is 2.32. The lowest BCUT2D eigenvalue weighted by Gasteiger charge is -2.23. The molecular weight excluding hydrogens is 368 g/mol. The van der Waals surface area contributed by atoms with E-state index in [1.807, 2.05) is 25.1 Å². The number of rotatable bonds is 5. The van der Waals surface area contributed by atoms with Crippen molar-refractivity contribution >= 4 is 29.1 Å². The Bertz CT molecular complexity index is 896. The molecule has 6 nitrogen and oxygen atoms in total. The van der Waals surface area contributed by atoms with E-state index in [2.05, 4.69) is 10.6 Å². The molecule has 0 bridgehead atoms. The smallest absolute Gasteiger partial charge is 0.239 e. The summed E-state index contributed by atoms with van der Waals surface area (Å²) in [6.45, 7) is 5.50. The molecule has 1 aliphatic rings. The van der Waals surface area contributed by atoms with E-state index in [1.165, 1.54) is 0 Å². The summed E-state index contributed by atoms with van der Waals surface area (Å²) in [6.07, 6.45) is 0. The molecule has 27 heavy (non-hydrogen) atoms. The summed E-state index contributed by atoms with van der Waals surface area (Å²) in [5.41, 5.74) is 1.05. The Labute approximate surface area is 162 Å². The molecular formula is C20H21ClN2O4. The van der Waals surface area contributed by atoms with E-state index in [-0.39, 0.29) is 19.2 Å². The Morgan fingerprint density at radius 3 is 2.59 bits per heavy atom. The normalized spacial score (nSPS) is 12.6. The molecule has 2 aromatic rings. The minimum Gasteiger partial charge on any atom is -0.454 e. The maximum absolute atomic E-state index is 12.7. The lowest BCUT2D eigenvalue weighted by Crippen LogP contribution is -2.45. The van der Waals surface area contributed by atoms with Gasteiger partial charge in [-0.2, -0.15) is 0 Å². The summed E-state index contributed by atoms with van der Waals surface area (Å²) < 4.78 is 10.6. The second-order valence-corrected chi connectivity index (χ2v) is 7.35. The maximum atomic E-state index is 12.7. The molecule has 2 N–H and O–H groups in total. The van der Waals surface area contributed by atoms with Gasteiger partial charge in [0.25, 0.3) is 0 Å². The molecule has 1 aliphatic heterocycles. The van der Waals surface area contributed by atoms with Gasteiger partial charge >= 0.3 is 0 Å². The van der Waals surface area contributed by atoms with Crippen LogP contribution in [0.5, 0.6) is 11.5 Å².